The molecule has 4 aromatic rings. The number of β-amino-alcohol motifs (C(OH)–C–C–N with tert-alkyl or cyclic N) is 1. The van der Waals surface area contributed by atoms with Gasteiger partial charge in [0.2, 0.25) is 0 Å². The lowest BCUT2D eigenvalue weighted by molar-refractivity contribution is -0.0778. The average Bonchev–Trinajstić information content (AvgIpc) is 3.50. The molecule has 1 atom stereocenters. The zero-order valence-electron chi connectivity index (χ0n) is 20.1. The van der Waals surface area contributed by atoms with Gasteiger partial charge in [0.15, 0.2) is 0 Å². The number of hydrogen-bond acceptors (Lipinski definition) is 6. The molecule has 1 aromatic carbocycles. The van der Waals surface area contributed by atoms with Gasteiger partial charge in [-0.1, -0.05) is 32.0 Å². The van der Waals surface area contributed by atoms with Gasteiger partial charge in [0.1, 0.15) is 17.5 Å². The Hall–Kier alpha value is -3.21. The van der Waals surface area contributed by atoms with Crippen LogP contribution in [-0.2, 0) is 24.9 Å². The average molecular weight is 497 g/mol. The number of hydrogen-bond donors (Lipinski definition) is 2. The lowest BCUT2D eigenvalue weighted by Gasteiger charge is -2.15. The molecule has 0 radical (unpaired) electrons. The molecular formula is C25H28N4O5S. The first kappa shape index (κ1) is 23.5. The van der Waals surface area contributed by atoms with Crippen molar-refractivity contribution in [2.75, 3.05) is 13.2 Å². The summed E-state index contributed by atoms with van der Waals surface area (Å²) in [5.74, 6) is -0.321. The van der Waals surface area contributed by atoms with Crippen LogP contribution in [0, 0.1) is 12.8 Å². The Bertz CT molecular complexity index is 1570. The van der Waals surface area contributed by atoms with Gasteiger partial charge < -0.3 is 10.1 Å². The maximum absolute atomic E-state index is 13.7. The molecule has 0 bridgehead atoms. The number of thiophene rings is 1. The van der Waals surface area contributed by atoms with E-state index in [1.807, 2.05) is 45.0 Å². The fourth-order valence-corrected chi connectivity index (χ4v) is 6.01. The number of aromatic nitrogens is 3. The normalized spacial score (nSPS) is 16.3. The van der Waals surface area contributed by atoms with Crippen LogP contribution in [0.4, 0.5) is 0 Å². The molecule has 184 valence electrons. The highest BCUT2D eigenvalue weighted by atomic mass is 32.1. The summed E-state index contributed by atoms with van der Waals surface area (Å²) in [4.78, 5) is 50.1. The van der Waals surface area contributed by atoms with Crippen molar-refractivity contribution < 1.29 is 14.7 Å². The number of para-hydroxylation sites is 1. The Kier molecular flexibility index (Phi) is 5.90. The third-order valence-electron chi connectivity index (χ3n) is 6.40. The standard InChI is InChI=1S/C25H28N4O5S/c1-13(2)10-28-24-21(22(31)27(4)25(28)33)20(23(32)29-11-15(30)12-34-29)19(35-24)9-17-14(3)26-18-8-6-5-7-16(17)18/h5-8,13,15,26,30H,9-12H2,1-4H3. The molecule has 3 aromatic heterocycles. The molecule has 9 nitrogen and oxygen atoms in total. The maximum atomic E-state index is 13.7. The number of aliphatic hydroxyl groups excluding tert-OH is 1. The maximum Gasteiger partial charge on any atom is 0.331 e. The van der Waals surface area contributed by atoms with Gasteiger partial charge >= 0.3 is 5.69 Å². The van der Waals surface area contributed by atoms with Gasteiger partial charge in [0, 0.05) is 41.5 Å². The van der Waals surface area contributed by atoms with Crippen molar-refractivity contribution in [2.45, 2.75) is 39.8 Å². The van der Waals surface area contributed by atoms with Gasteiger partial charge in [-0.15, -0.1) is 11.3 Å². The van der Waals surface area contributed by atoms with Crippen molar-refractivity contribution in [2.24, 2.45) is 13.0 Å². The van der Waals surface area contributed by atoms with Gasteiger partial charge in [-0.2, -0.15) is 0 Å². The van der Waals surface area contributed by atoms with Crippen LogP contribution < -0.4 is 11.2 Å². The number of aromatic amines is 1. The van der Waals surface area contributed by atoms with E-state index < -0.39 is 23.3 Å². The molecule has 0 aliphatic carbocycles. The lowest BCUT2D eigenvalue weighted by Crippen LogP contribution is -2.39. The van der Waals surface area contributed by atoms with Crippen LogP contribution in [0.15, 0.2) is 33.9 Å². The summed E-state index contributed by atoms with van der Waals surface area (Å²) in [6.45, 7) is 6.44. The van der Waals surface area contributed by atoms with Crippen LogP contribution in [0.3, 0.4) is 0 Å². The summed E-state index contributed by atoms with van der Waals surface area (Å²) in [5.41, 5.74) is 2.32. The highest BCUT2D eigenvalue weighted by Gasteiger charge is 2.33. The second-order valence-electron chi connectivity index (χ2n) is 9.50. The summed E-state index contributed by atoms with van der Waals surface area (Å²) in [6, 6.07) is 7.95. The first-order valence-electron chi connectivity index (χ1n) is 11.6. The summed E-state index contributed by atoms with van der Waals surface area (Å²) in [5, 5.41) is 12.3. The van der Waals surface area contributed by atoms with Gasteiger partial charge in [0.05, 0.1) is 17.5 Å². The third kappa shape index (κ3) is 3.91. The van der Waals surface area contributed by atoms with Crippen LogP contribution in [0.25, 0.3) is 21.1 Å². The number of carbonyl (C=O) groups is 1. The molecule has 1 aliphatic rings. The molecule has 10 heteroatoms. The van der Waals surface area contributed by atoms with Gasteiger partial charge in [-0.05, 0) is 24.5 Å². The number of amides is 1. The van der Waals surface area contributed by atoms with E-state index in [1.165, 1.54) is 18.4 Å². The fraction of sp³-hybridized carbons (Fsp3) is 0.400. The van der Waals surface area contributed by atoms with E-state index in [2.05, 4.69) is 4.98 Å². The minimum absolute atomic E-state index is 0.0146. The number of carbonyl (C=O) groups excluding carboxylic acids is 1. The Labute approximate surface area is 205 Å². The highest BCUT2D eigenvalue weighted by Crippen LogP contribution is 2.35. The molecule has 5 rings (SSSR count). The van der Waals surface area contributed by atoms with E-state index in [1.54, 1.807) is 4.57 Å². The van der Waals surface area contributed by atoms with Gasteiger partial charge in [0.25, 0.3) is 11.5 Å². The van der Waals surface area contributed by atoms with Crippen molar-refractivity contribution in [3.05, 3.63) is 66.8 Å². The topological polar surface area (TPSA) is 110 Å². The van der Waals surface area contributed by atoms with E-state index in [0.717, 1.165) is 31.8 Å². The molecule has 0 saturated carbocycles. The predicted octanol–water partition coefficient (Wildman–Crippen LogP) is 2.55. The Morgan fingerprint density at radius 2 is 2.03 bits per heavy atom. The minimum atomic E-state index is -0.787. The quantitative estimate of drug-likeness (QED) is 0.441. The number of benzene rings is 1. The van der Waals surface area contributed by atoms with E-state index in [4.69, 9.17) is 4.84 Å². The Morgan fingerprint density at radius 3 is 2.71 bits per heavy atom. The van der Waals surface area contributed by atoms with E-state index in [-0.39, 0.29) is 30.0 Å². The Balaban J connectivity index is 1.78. The first-order chi connectivity index (χ1) is 16.7. The molecule has 0 spiro atoms. The van der Waals surface area contributed by atoms with Crippen LogP contribution >= 0.6 is 11.3 Å². The van der Waals surface area contributed by atoms with E-state index in [9.17, 15) is 19.5 Å². The third-order valence-corrected chi connectivity index (χ3v) is 7.61. The number of hydroxylamine groups is 2. The second-order valence-corrected chi connectivity index (χ2v) is 10.6. The zero-order valence-corrected chi connectivity index (χ0v) is 20.9. The van der Waals surface area contributed by atoms with Gasteiger partial charge in [-0.25, -0.2) is 9.86 Å². The minimum Gasteiger partial charge on any atom is -0.389 e. The molecule has 1 unspecified atom stereocenters. The summed E-state index contributed by atoms with van der Waals surface area (Å²) in [6.07, 6.45) is -0.379. The van der Waals surface area contributed by atoms with Crippen molar-refractivity contribution >= 4 is 38.4 Å². The molecular weight excluding hydrogens is 468 g/mol. The molecule has 1 saturated heterocycles. The molecule has 1 fully saturated rings. The van der Waals surface area contributed by atoms with Gasteiger partial charge in [-0.3, -0.25) is 23.6 Å². The highest BCUT2D eigenvalue weighted by molar-refractivity contribution is 7.19. The molecule has 2 N–H and O–H groups in total. The predicted molar refractivity (Wildman–Crippen MR) is 135 cm³/mol. The number of rotatable bonds is 5. The fourth-order valence-electron chi connectivity index (χ4n) is 4.72. The van der Waals surface area contributed by atoms with Crippen LogP contribution in [0.2, 0.25) is 0 Å². The van der Waals surface area contributed by atoms with Crippen LogP contribution in [0.1, 0.15) is 40.3 Å². The molecule has 35 heavy (non-hydrogen) atoms. The first-order valence-corrected chi connectivity index (χ1v) is 12.4. The van der Waals surface area contributed by atoms with Crippen LogP contribution in [0.5, 0.6) is 0 Å². The van der Waals surface area contributed by atoms with Crippen molar-refractivity contribution in [3.63, 3.8) is 0 Å². The number of aliphatic hydroxyl groups is 1. The van der Waals surface area contributed by atoms with Crippen molar-refractivity contribution in [3.8, 4) is 0 Å². The molecule has 4 heterocycles. The monoisotopic (exact) mass is 496 g/mol. The van der Waals surface area contributed by atoms with Crippen LogP contribution in [-0.4, -0.2) is 49.5 Å². The SMILES string of the molecule is Cc1[nH]c2ccccc2c1Cc1sc2c(c1C(=O)N1CC(O)CO1)c(=O)n(C)c(=O)n2CC(C)C. The summed E-state index contributed by atoms with van der Waals surface area (Å²) < 4.78 is 2.66. The lowest BCUT2D eigenvalue weighted by atomic mass is 10.0. The second kappa shape index (κ2) is 8.78. The Morgan fingerprint density at radius 1 is 1.29 bits per heavy atom. The number of aryl methyl sites for hydroxylation is 1. The largest absolute Gasteiger partial charge is 0.389 e. The van der Waals surface area contributed by atoms with E-state index in [0.29, 0.717) is 22.7 Å². The molecule has 1 amide bonds. The summed E-state index contributed by atoms with van der Waals surface area (Å²) in [7, 11) is 1.44. The number of fused-ring (bicyclic) bond motifs is 2. The molecule has 1 aliphatic heterocycles. The number of nitrogens with one attached hydrogen (secondary N) is 1. The van der Waals surface area contributed by atoms with Crippen molar-refractivity contribution in [1.82, 2.24) is 19.2 Å². The zero-order chi connectivity index (χ0) is 25.0. The van der Waals surface area contributed by atoms with E-state index >= 15 is 0 Å². The smallest absolute Gasteiger partial charge is 0.331 e. The number of H-pyrrole nitrogens is 1. The summed E-state index contributed by atoms with van der Waals surface area (Å²) >= 11 is 1.30. The van der Waals surface area contributed by atoms with Crippen molar-refractivity contribution in [1.29, 1.82) is 0 Å². The number of nitrogens with zero attached hydrogens (tertiary/aromatic N) is 3.